The number of carbonyl (C=O) groups is 4. The molecule has 1 rings (SSSR count). The lowest BCUT2D eigenvalue weighted by Crippen LogP contribution is -2.54. The molecule has 0 aliphatic carbocycles. The predicted octanol–water partition coefficient (Wildman–Crippen LogP) is 2.02. The summed E-state index contributed by atoms with van der Waals surface area (Å²) in [5.74, 6) is -2.07. The maximum absolute atomic E-state index is 13.5. The number of carbonyl (C=O) groups excluding carboxylic acids is 4. The van der Waals surface area contributed by atoms with Gasteiger partial charge in [-0.25, -0.2) is 4.79 Å². The number of nitrogens with one attached hydrogen (secondary N) is 2. The molecule has 2 unspecified atom stereocenters. The van der Waals surface area contributed by atoms with Crippen LogP contribution in [0, 0.1) is 0 Å². The van der Waals surface area contributed by atoms with E-state index in [9.17, 15) is 29.4 Å². The Morgan fingerprint density at radius 2 is 1.78 bits per heavy atom. The van der Waals surface area contributed by atoms with Crippen molar-refractivity contribution in [1.29, 1.82) is 0 Å². The third-order valence-electron chi connectivity index (χ3n) is 4.93. The van der Waals surface area contributed by atoms with Crippen molar-refractivity contribution < 1.29 is 38.9 Å². The van der Waals surface area contributed by atoms with E-state index in [4.69, 9.17) is 9.47 Å². The summed E-state index contributed by atoms with van der Waals surface area (Å²) in [4.78, 5) is 52.0. The second kappa shape index (κ2) is 14.9. The first-order valence-corrected chi connectivity index (χ1v) is 12.1. The SMILES string of the molecule is CCCCN(C(=O)C(CO)NC(=O)OC(C)(C)C)C(C(=O)NCCC(=O)OCC)c1ccccc1O. The molecule has 4 N–H and O–H groups in total. The molecular formula is C25H39N3O8. The van der Waals surface area contributed by atoms with E-state index in [0.717, 1.165) is 0 Å². The zero-order valence-corrected chi connectivity index (χ0v) is 21.7. The lowest BCUT2D eigenvalue weighted by atomic mass is 10.0. The van der Waals surface area contributed by atoms with Crippen LogP contribution in [-0.4, -0.2) is 76.9 Å². The second-order valence-corrected chi connectivity index (χ2v) is 9.07. The van der Waals surface area contributed by atoms with Gasteiger partial charge in [0.05, 0.1) is 19.6 Å². The molecule has 11 nitrogen and oxygen atoms in total. The van der Waals surface area contributed by atoms with E-state index in [1.165, 1.54) is 17.0 Å². The molecule has 0 saturated heterocycles. The van der Waals surface area contributed by atoms with Gasteiger partial charge >= 0.3 is 12.1 Å². The Balaban J connectivity index is 3.29. The van der Waals surface area contributed by atoms with Gasteiger partial charge in [-0.1, -0.05) is 31.5 Å². The van der Waals surface area contributed by atoms with Crippen LogP contribution in [0.5, 0.6) is 5.75 Å². The molecule has 2 atom stereocenters. The minimum atomic E-state index is -1.39. The predicted molar refractivity (Wildman–Crippen MR) is 132 cm³/mol. The van der Waals surface area contributed by atoms with E-state index in [1.54, 1.807) is 39.8 Å². The molecule has 11 heteroatoms. The summed E-state index contributed by atoms with van der Waals surface area (Å²) in [6.45, 7) is 8.08. The number of para-hydroxylation sites is 1. The van der Waals surface area contributed by atoms with Gasteiger partial charge in [0.25, 0.3) is 0 Å². The molecular weight excluding hydrogens is 470 g/mol. The van der Waals surface area contributed by atoms with Crippen LogP contribution in [0.1, 0.15) is 65.5 Å². The lowest BCUT2D eigenvalue weighted by molar-refractivity contribution is -0.144. The van der Waals surface area contributed by atoms with Crippen LogP contribution in [0.2, 0.25) is 0 Å². The number of alkyl carbamates (subject to hydrolysis) is 1. The van der Waals surface area contributed by atoms with Crippen molar-refractivity contribution in [2.75, 3.05) is 26.3 Å². The summed E-state index contributed by atoms with van der Waals surface area (Å²) in [5, 5.41) is 25.4. The number of nitrogens with zero attached hydrogens (tertiary/aromatic N) is 1. The fourth-order valence-electron chi connectivity index (χ4n) is 3.32. The van der Waals surface area contributed by atoms with Gasteiger partial charge in [0.1, 0.15) is 23.4 Å². The molecule has 36 heavy (non-hydrogen) atoms. The Hall–Kier alpha value is -3.34. The highest BCUT2D eigenvalue weighted by Gasteiger charge is 2.37. The van der Waals surface area contributed by atoms with Crippen molar-refractivity contribution in [3.63, 3.8) is 0 Å². The molecule has 0 aliphatic heterocycles. The third kappa shape index (κ3) is 10.1. The average Bonchev–Trinajstić information content (AvgIpc) is 2.79. The molecule has 0 aliphatic rings. The van der Waals surface area contributed by atoms with Crippen molar-refractivity contribution in [3.8, 4) is 5.75 Å². The maximum atomic E-state index is 13.5. The molecule has 0 fully saturated rings. The normalized spacial score (nSPS) is 12.7. The molecule has 0 heterocycles. The van der Waals surface area contributed by atoms with Gasteiger partial charge in [-0.3, -0.25) is 14.4 Å². The number of rotatable bonds is 13. The Morgan fingerprint density at radius 3 is 2.33 bits per heavy atom. The third-order valence-corrected chi connectivity index (χ3v) is 4.93. The lowest BCUT2D eigenvalue weighted by Gasteiger charge is -2.34. The molecule has 1 aromatic carbocycles. The molecule has 0 bridgehead atoms. The Kier molecular flexibility index (Phi) is 12.7. The first-order valence-electron chi connectivity index (χ1n) is 12.1. The van der Waals surface area contributed by atoms with Crippen LogP contribution in [0.25, 0.3) is 0 Å². The Morgan fingerprint density at radius 1 is 1.11 bits per heavy atom. The number of hydrogen-bond acceptors (Lipinski definition) is 8. The van der Waals surface area contributed by atoms with E-state index >= 15 is 0 Å². The molecule has 3 amide bonds. The Labute approximate surface area is 212 Å². The van der Waals surface area contributed by atoms with Crippen molar-refractivity contribution in [2.24, 2.45) is 0 Å². The van der Waals surface area contributed by atoms with Crippen molar-refractivity contribution in [2.45, 2.75) is 71.6 Å². The van der Waals surface area contributed by atoms with Crippen LogP contribution in [0.3, 0.4) is 0 Å². The fraction of sp³-hybridized carbons (Fsp3) is 0.600. The summed E-state index contributed by atoms with van der Waals surface area (Å²) >= 11 is 0. The van der Waals surface area contributed by atoms with Crippen LogP contribution >= 0.6 is 0 Å². The number of esters is 1. The van der Waals surface area contributed by atoms with E-state index in [1.807, 2.05) is 6.92 Å². The first-order chi connectivity index (χ1) is 16.9. The molecule has 1 aromatic rings. The fourth-order valence-corrected chi connectivity index (χ4v) is 3.32. The number of phenolic OH excluding ortho intramolecular Hbond substituents is 1. The van der Waals surface area contributed by atoms with Crippen LogP contribution in [0.15, 0.2) is 24.3 Å². The highest BCUT2D eigenvalue weighted by atomic mass is 16.6. The molecule has 0 spiro atoms. The van der Waals surface area contributed by atoms with Gasteiger partial charge in [0.2, 0.25) is 11.8 Å². The number of phenols is 1. The monoisotopic (exact) mass is 509 g/mol. The van der Waals surface area contributed by atoms with Crippen LogP contribution in [-0.2, 0) is 23.9 Å². The summed E-state index contributed by atoms with van der Waals surface area (Å²) in [7, 11) is 0. The van der Waals surface area contributed by atoms with Crippen molar-refractivity contribution in [3.05, 3.63) is 29.8 Å². The highest BCUT2D eigenvalue weighted by molar-refractivity contribution is 5.92. The minimum absolute atomic E-state index is 0.0445. The number of aromatic hydroxyl groups is 1. The minimum Gasteiger partial charge on any atom is -0.508 e. The second-order valence-electron chi connectivity index (χ2n) is 9.07. The van der Waals surface area contributed by atoms with Crippen molar-refractivity contribution >= 4 is 23.9 Å². The number of benzene rings is 1. The van der Waals surface area contributed by atoms with Gasteiger partial charge in [0.15, 0.2) is 0 Å². The highest BCUT2D eigenvalue weighted by Crippen LogP contribution is 2.30. The number of aliphatic hydroxyl groups excluding tert-OH is 1. The summed E-state index contributed by atoms with van der Waals surface area (Å²) < 4.78 is 10.1. The zero-order chi connectivity index (χ0) is 27.3. The van der Waals surface area contributed by atoms with E-state index < -0.39 is 48.2 Å². The van der Waals surface area contributed by atoms with E-state index in [-0.39, 0.29) is 37.4 Å². The van der Waals surface area contributed by atoms with Crippen LogP contribution in [0.4, 0.5) is 4.79 Å². The van der Waals surface area contributed by atoms with Gasteiger partial charge in [0, 0.05) is 18.7 Å². The van der Waals surface area contributed by atoms with Gasteiger partial charge in [-0.2, -0.15) is 0 Å². The zero-order valence-electron chi connectivity index (χ0n) is 21.7. The van der Waals surface area contributed by atoms with Crippen LogP contribution < -0.4 is 10.6 Å². The smallest absolute Gasteiger partial charge is 0.408 e. The largest absolute Gasteiger partial charge is 0.508 e. The number of ether oxygens (including phenoxy) is 2. The summed E-state index contributed by atoms with van der Waals surface area (Å²) in [6.07, 6.45) is 0.222. The quantitative estimate of drug-likeness (QED) is 0.295. The van der Waals surface area contributed by atoms with Crippen molar-refractivity contribution in [1.82, 2.24) is 15.5 Å². The van der Waals surface area contributed by atoms with Gasteiger partial charge < -0.3 is 35.2 Å². The van der Waals surface area contributed by atoms with E-state index in [2.05, 4.69) is 10.6 Å². The van der Waals surface area contributed by atoms with Gasteiger partial charge in [-0.15, -0.1) is 0 Å². The number of hydrogen-bond donors (Lipinski definition) is 4. The average molecular weight is 510 g/mol. The summed E-state index contributed by atoms with van der Waals surface area (Å²) in [5.41, 5.74) is -0.670. The van der Waals surface area contributed by atoms with E-state index in [0.29, 0.717) is 12.8 Å². The Bertz CT molecular complexity index is 884. The first kappa shape index (κ1) is 30.7. The molecule has 0 aromatic heterocycles. The summed E-state index contributed by atoms with van der Waals surface area (Å²) in [6, 6.07) is 3.40. The number of aliphatic hydroxyl groups is 1. The topological polar surface area (TPSA) is 154 Å². The molecule has 0 saturated carbocycles. The molecule has 0 radical (unpaired) electrons. The number of unbranched alkanes of at least 4 members (excludes halogenated alkanes) is 1. The van der Waals surface area contributed by atoms with Gasteiger partial charge in [-0.05, 0) is 40.2 Å². The molecule has 202 valence electrons. The standard InChI is InChI=1S/C25H39N3O8/c1-6-8-15-28(23(33)18(16-29)27-24(34)36-25(3,4)5)21(17-11-9-10-12-19(17)30)22(32)26-14-13-20(31)35-7-2/h9-12,18,21,29-30H,6-8,13-16H2,1-5H3,(H,26,32)(H,27,34). The maximum Gasteiger partial charge on any atom is 0.408 e. The number of amides is 3.